The molecule has 0 spiro atoms. The van der Waals surface area contributed by atoms with Crippen molar-refractivity contribution in [2.45, 2.75) is 19.3 Å². The summed E-state index contributed by atoms with van der Waals surface area (Å²) in [7, 11) is 0. The van der Waals surface area contributed by atoms with Gasteiger partial charge in [0.15, 0.2) is 0 Å². The Kier molecular flexibility index (Phi) is 4.93. The molecule has 2 rings (SSSR count). The Balaban J connectivity index is 1.75. The lowest BCUT2D eigenvalue weighted by atomic mass is 10.0. The number of nitriles is 1. The molecule has 100 valence electrons. The molecule has 0 saturated carbocycles. The second kappa shape index (κ2) is 6.91. The Morgan fingerprint density at radius 1 is 1.32 bits per heavy atom. The molecule has 4 heteroatoms. The van der Waals surface area contributed by atoms with Crippen molar-refractivity contribution in [1.29, 1.82) is 5.26 Å². The predicted octanol–water partition coefficient (Wildman–Crippen LogP) is 1.64. The fourth-order valence-corrected chi connectivity index (χ4v) is 2.15. The van der Waals surface area contributed by atoms with Crippen LogP contribution in [0.2, 0.25) is 0 Å². The Hall–Kier alpha value is -1.86. The minimum Gasteiger partial charge on any atom is -0.381 e. The van der Waals surface area contributed by atoms with Crippen LogP contribution in [0.5, 0.6) is 0 Å². The number of nitrogens with one attached hydrogen (secondary N) is 1. The summed E-state index contributed by atoms with van der Waals surface area (Å²) in [5.41, 5.74) is 1.55. The number of carbonyl (C=O) groups is 1. The van der Waals surface area contributed by atoms with Gasteiger partial charge in [-0.2, -0.15) is 5.26 Å². The van der Waals surface area contributed by atoms with E-state index in [0.717, 1.165) is 38.2 Å². The van der Waals surface area contributed by atoms with Gasteiger partial charge >= 0.3 is 0 Å². The van der Waals surface area contributed by atoms with E-state index in [0.29, 0.717) is 17.9 Å². The van der Waals surface area contributed by atoms with Crippen LogP contribution in [0.4, 0.5) is 0 Å². The monoisotopic (exact) mass is 258 g/mol. The maximum atomic E-state index is 11.8. The van der Waals surface area contributed by atoms with Crippen LogP contribution in [0.15, 0.2) is 24.3 Å². The van der Waals surface area contributed by atoms with Gasteiger partial charge in [-0.15, -0.1) is 0 Å². The average Bonchev–Trinajstić information content (AvgIpc) is 2.47. The Morgan fingerprint density at radius 2 is 2.00 bits per heavy atom. The van der Waals surface area contributed by atoms with Crippen molar-refractivity contribution in [1.82, 2.24) is 5.32 Å². The SMILES string of the molecule is N#Cc1ccc(CC(=O)NCC2CCOCC2)cc1. The first-order valence-corrected chi connectivity index (χ1v) is 6.61. The summed E-state index contributed by atoms with van der Waals surface area (Å²) in [4.78, 5) is 11.8. The van der Waals surface area contributed by atoms with E-state index in [9.17, 15) is 4.79 Å². The van der Waals surface area contributed by atoms with Crippen LogP contribution in [-0.2, 0) is 16.0 Å². The zero-order valence-corrected chi connectivity index (χ0v) is 10.9. The van der Waals surface area contributed by atoms with Gasteiger partial charge in [0, 0.05) is 19.8 Å². The minimum absolute atomic E-state index is 0.0381. The average molecular weight is 258 g/mol. The number of ether oxygens (including phenoxy) is 1. The topological polar surface area (TPSA) is 62.1 Å². The van der Waals surface area contributed by atoms with Crippen molar-refractivity contribution in [3.63, 3.8) is 0 Å². The van der Waals surface area contributed by atoms with Gasteiger partial charge in [0.05, 0.1) is 18.1 Å². The summed E-state index contributed by atoms with van der Waals surface area (Å²) < 4.78 is 5.28. The first-order valence-electron chi connectivity index (χ1n) is 6.61. The van der Waals surface area contributed by atoms with Crippen molar-refractivity contribution in [3.8, 4) is 6.07 Å². The van der Waals surface area contributed by atoms with E-state index in [4.69, 9.17) is 10.00 Å². The number of hydrogen-bond acceptors (Lipinski definition) is 3. The van der Waals surface area contributed by atoms with Crippen LogP contribution in [0.1, 0.15) is 24.0 Å². The molecule has 1 amide bonds. The minimum atomic E-state index is 0.0381. The third-order valence-corrected chi connectivity index (χ3v) is 3.38. The molecule has 1 aromatic carbocycles. The third kappa shape index (κ3) is 4.38. The summed E-state index contributed by atoms with van der Waals surface area (Å²) in [6.07, 6.45) is 2.42. The van der Waals surface area contributed by atoms with Gasteiger partial charge in [0.1, 0.15) is 0 Å². The molecular formula is C15H18N2O2. The molecule has 1 aliphatic heterocycles. The summed E-state index contributed by atoms with van der Waals surface area (Å²) in [5, 5.41) is 11.7. The first kappa shape index (κ1) is 13.6. The lowest BCUT2D eigenvalue weighted by Gasteiger charge is -2.22. The van der Waals surface area contributed by atoms with Crippen molar-refractivity contribution in [3.05, 3.63) is 35.4 Å². The van der Waals surface area contributed by atoms with Crippen LogP contribution >= 0.6 is 0 Å². The smallest absolute Gasteiger partial charge is 0.224 e. The van der Waals surface area contributed by atoms with Gasteiger partial charge in [-0.1, -0.05) is 12.1 Å². The third-order valence-electron chi connectivity index (χ3n) is 3.38. The van der Waals surface area contributed by atoms with E-state index in [1.807, 2.05) is 12.1 Å². The molecule has 0 bridgehead atoms. The van der Waals surface area contributed by atoms with Crippen LogP contribution < -0.4 is 5.32 Å². The number of rotatable bonds is 4. The van der Waals surface area contributed by atoms with E-state index in [-0.39, 0.29) is 5.91 Å². The molecule has 0 atom stereocenters. The summed E-state index contributed by atoms with van der Waals surface area (Å²) in [5.74, 6) is 0.579. The lowest BCUT2D eigenvalue weighted by molar-refractivity contribution is -0.120. The maximum Gasteiger partial charge on any atom is 0.224 e. The lowest BCUT2D eigenvalue weighted by Crippen LogP contribution is -2.33. The number of hydrogen-bond donors (Lipinski definition) is 1. The number of carbonyl (C=O) groups excluding carboxylic acids is 1. The van der Waals surface area contributed by atoms with Gasteiger partial charge in [-0.05, 0) is 36.5 Å². The Bertz CT molecular complexity index is 456. The van der Waals surface area contributed by atoms with E-state index in [2.05, 4.69) is 11.4 Å². The molecule has 1 aliphatic rings. The molecular weight excluding hydrogens is 240 g/mol. The molecule has 1 aromatic rings. The highest BCUT2D eigenvalue weighted by molar-refractivity contribution is 5.78. The van der Waals surface area contributed by atoms with E-state index < -0.39 is 0 Å². The molecule has 1 heterocycles. The van der Waals surface area contributed by atoms with Crippen LogP contribution in [-0.4, -0.2) is 25.7 Å². The summed E-state index contributed by atoms with van der Waals surface area (Å²) in [6.45, 7) is 2.34. The van der Waals surface area contributed by atoms with Crippen LogP contribution in [0.25, 0.3) is 0 Å². The molecule has 0 radical (unpaired) electrons. The predicted molar refractivity (Wildman–Crippen MR) is 71.4 cm³/mol. The second-order valence-corrected chi connectivity index (χ2v) is 4.85. The molecule has 0 unspecified atom stereocenters. The Labute approximate surface area is 113 Å². The zero-order chi connectivity index (χ0) is 13.5. The van der Waals surface area contributed by atoms with Crippen molar-refractivity contribution in [2.75, 3.05) is 19.8 Å². The number of amides is 1. The molecule has 0 aliphatic carbocycles. The molecule has 19 heavy (non-hydrogen) atoms. The molecule has 0 aromatic heterocycles. The highest BCUT2D eigenvalue weighted by Gasteiger charge is 2.14. The van der Waals surface area contributed by atoms with Gasteiger partial charge in [0.25, 0.3) is 0 Å². The van der Waals surface area contributed by atoms with E-state index in [1.54, 1.807) is 12.1 Å². The van der Waals surface area contributed by atoms with E-state index >= 15 is 0 Å². The van der Waals surface area contributed by atoms with Gasteiger partial charge in [-0.3, -0.25) is 4.79 Å². The highest BCUT2D eigenvalue weighted by atomic mass is 16.5. The molecule has 1 N–H and O–H groups in total. The van der Waals surface area contributed by atoms with Gasteiger partial charge in [0.2, 0.25) is 5.91 Å². The van der Waals surface area contributed by atoms with Crippen molar-refractivity contribution in [2.24, 2.45) is 5.92 Å². The Morgan fingerprint density at radius 3 is 2.63 bits per heavy atom. The van der Waals surface area contributed by atoms with Crippen LogP contribution in [0.3, 0.4) is 0 Å². The van der Waals surface area contributed by atoms with Crippen LogP contribution in [0, 0.1) is 17.2 Å². The molecule has 4 nitrogen and oxygen atoms in total. The highest BCUT2D eigenvalue weighted by Crippen LogP contribution is 2.13. The van der Waals surface area contributed by atoms with Crippen molar-refractivity contribution >= 4 is 5.91 Å². The molecule has 1 fully saturated rings. The maximum absolute atomic E-state index is 11.8. The fourth-order valence-electron chi connectivity index (χ4n) is 2.15. The van der Waals surface area contributed by atoms with Gasteiger partial charge < -0.3 is 10.1 Å². The first-order chi connectivity index (χ1) is 9.28. The number of nitrogens with zero attached hydrogens (tertiary/aromatic N) is 1. The second-order valence-electron chi connectivity index (χ2n) is 4.85. The van der Waals surface area contributed by atoms with E-state index in [1.165, 1.54) is 0 Å². The zero-order valence-electron chi connectivity index (χ0n) is 10.9. The standard InChI is InChI=1S/C15H18N2O2/c16-10-13-3-1-12(2-4-13)9-15(18)17-11-14-5-7-19-8-6-14/h1-4,14H,5-9,11H2,(H,17,18). The molecule has 1 saturated heterocycles. The fraction of sp³-hybridized carbons (Fsp3) is 0.467. The van der Waals surface area contributed by atoms with Crippen molar-refractivity contribution < 1.29 is 9.53 Å². The number of benzene rings is 1. The normalized spacial score (nSPS) is 15.7. The quantitative estimate of drug-likeness (QED) is 0.893. The summed E-state index contributed by atoms with van der Waals surface area (Å²) >= 11 is 0. The largest absolute Gasteiger partial charge is 0.381 e. The van der Waals surface area contributed by atoms with Gasteiger partial charge in [-0.25, -0.2) is 0 Å². The summed E-state index contributed by atoms with van der Waals surface area (Å²) in [6, 6.07) is 9.19.